The van der Waals surface area contributed by atoms with E-state index in [1.165, 1.54) is 28.6 Å². The number of rotatable bonds is 9. The Hall–Kier alpha value is -4.79. The van der Waals surface area contributed by atoms with Gasteiger partial charge in [0.1, 0.15) is 17.2 Å². The van der Waals surface area contributed by atoms with E-state index in [4.69, 9.17) is 14.6 Å². The molecule has 1 saturated heterocycles. The smallest absolute Gasteiger partial charge is 0.359 e. The molecule has 0 saturated carbocycles. The summed E-state index contributed by atoms with van der Waals surface area (Å²) in [5.74, 6) is 0.876. The third-order valence-electron chi connectivity index (χ3n) is 8.21. The van der Waals surface area contributed by atoms with Gasteiger partial charge in [0.25, 0.3) is 5.69 Å². The van der Waals surface area contributed by atoms with E-state index in [0.29, 0.717) is 48.9 Å². The molecular formula is C32H34N6O7S. The molecule has 0 unspecified atom stereocenters. The lowest BCUT2D eigenvalue weighted by Gasteiger charge is -2.39. The van der Waals surface area contributed by atoms with Crippen LogP contribution in [0.25, 0.3) is 5.69 Å². The summed E-state index contributed by atoms with van der Waals surface area (Å²) in [6.07, 6.45) is 0.687. The van der Waals surface area contributed by atoms with Crippen molar-refractivity contribution in [1.29, 1.82) is 0 Å². The fourth-order valence-corrected chi connectivity index (χ4v) is 7.50. The van der Waals surface area contributed by atoms with Gasteiger partial charge in [-0.05, 0) is 62.2 Å². The number of esters is 1. The molecule has 0 spiro atoms. The van der Waals surface area contributed by atoms with Gasteiger partial charge < -0.3 is 14.8 Å². The van der Waals surface area contributed by atoms with Crippen LogP contribution in [0.4, 0.5) is 11.4 Å². The third-order valence-corrected chi connectivity index (χ3v) is 10.2. The van der Waals surface area contributed by atoms with E-state index in [2.05, 4.69) is 10.2 Å². The molecule has 2 aliphatic heterocycles. The van der Waals surface area contributed by atoms with Crippen LogP contribution in [-0.2, 0) is 14.8 Å². The molecule has 4 aromatic rings. The number of carbonyl (C=O) groups is 1. The van der Waals surface area contributed by atoms with Crippen molar-refractivity contribution in [1.82, 2.24) is 19.0 Å². The Morgan fingerprint density at radius 2 is 1.72 bits per heavy atom. The Morgan fingerprint density at radius 1 is 1.02 bits per heavy atom. The number of nitrogens with one attached hydrogen (secondary N) is 1. The van der Waals surface area contributed by atoms with Gasteiger partial charge in [-0.2, -0.15) is 9.40 Å². The second kappa shape index (κ2) is 12.9. The molecule has 6 rings (SSSR count). The number of anilines is 1. The number of nitro benzene ring substituents is 1. The highest BCUT2D eigenvalue weighted by Gasteiger charge is 2.39. The van der Waals surface area contributed by atoms with Crippen molar-refractivity contribution in [2.24, 2.45) is 0 Å². The van der Waals surface area contributed by atoms with Gasteiger partial charge in [0, 0.05) is 38.8 Å². The van der Waals surface area contributed by atoms with Crippen molar-refractivity contribution < 1.29 is 27.6 Å². The second-order valence-corrected chi connectivity index (χ2v) is 12.9. The molecule has 240 valence electrons. The fraction of sp³-hybridized carbons (Fsp3) is 0.312. The summed E-state index contributed by atoms with van der Waals surface area (Å²) >= 11 is 0. The molecule has 2 aliphatic rings. The minimum absolute atomic E-state index is 0.154. The van der Waals surface area contributed by atoms with Crippen molar-refractivity contribution in [3.63, 3.8) is 0 Å². The van der Waals surface area contributed by atoms with Gasteiger partial charge in [-0.1, -0.05) is 30.3 Å². The first kappa shape index (κ1) is 31.2. The van der Waals surface area contributed by atoms with Crippen molar-refractivity contribution in [3.8, 4) is 17.2 Å². The van der Waals surface area contributed by atoms with Crippen molar-refractivity contribution in [2.75, 3.05) is 44.6 Å². The van der Waals surface area contributed by atoms with E-state index in [-0.39, 0.29) is 36.3 Å². The topological polar surface area (TPSA) is 149 Å². The molecule has 0 radical (unpaired) electrons. The molecule has 0 aliphatic carbocycles. The summed E-state index contributed by atoms with van der Waals surface area (Å²) < 4.78 is 41.1. The highest BCUT2D eigenvalue weighted by Crippen LogP contribution is 2.38. The maximum Gasteiger partial charge on any atom is 0.359 e. The summed E-state index contributed by atoms with van der Waals surface area (Å²) in [4.78, 5) is 25.9. The molecule has 1 N–H and O–H groups in total. The zero-order valence-electron chi connectivity index (χ0n) is 25.5. The predicted molar refractivity (Wildman–Crippen MR) is 170 cm³/mol. The lowest BCUT2D eigenvalue weighted by Crippen LogP contribution is -2.50. The molecule has 13 nitrogen and oxygen atoms in total. The quantitative estimate of drug-likeness (QED) is 0.151. The van der Waals surface area contributed by atoms with E-state index < -0.39 is 26.6 Å². The average Bonchev–Trinajstić information content (AvgIpc) is 3.46. The van der Waals surface area contributed by atoms with Gasteiger partial charge in [0.2, 0.25) is 10.0 Å². The number of fused-ring (bicyclic) bond motifs is 1. The number of hydrogen-bond acceptors (Lipinski definition) is 10. The number of aryl methyl sites for hydroxylation is 1. The average molecular weight is 647 g/mol. The number of nitrogens with zero attached hydrogens (tertiary/aromatic N) is 5. The van der Waals surface area contributed by atoms with E-state index in [0.717, 1.165) is 11.3 Å². The number of ether oxygens (including phenoxy) is 2. The van der Waals surface area contributed by atoms with Crippen LogP contribution in [-0.4, -0.2) is 77.6 Å². The molecule has 0 amide bonds. The summed E-state index contributed by atoms with van der Waals surface area (Å²) in [7, 11) is -4.07. The first-order valence-electron chi connectivity index (χ1n) is 15.0. The van der Waals surface area contributed by atoms with Crippen LogP contribution in [0, 0.1) is 17.0 Å². The zero-order chi connectivity index (χ0) is 32.4. The van der Waals surface area contributed by atoms with E-state index in [1.807, 2.05) is 55.5 Å². The van der Waals surface area contributed by atoms with E-state index in [1.54, 1.807) is 11.6 Å². The van der Waals surface area contributed by atoms with Gasteiger partial charge in [-0.15, -0.1) is 0 Å². The number of aromatic nitrogens is 2. The Balaban J connectivity index is 1.26. The van der Waals surface area contributed by atoms with Crippen LogP contribution in [0.1, 0.15) is 41.1 Å². The molecule has 0 bridgehead atoms. The molecule has 3 aromatic carbocycles. The lowest BCUT2D eigenvalue weighted by molar-refractivity contribution is -0.387. The normalized spacial score (nSPS) is 17.1. The number of carbonyl (C=O) groups excluding carboxylic acids is 1. The Bertz CT molecular complexity index is 1870. The molecule has 46 heavy (non-hydrogen) atoms. The largest absolute Gasteiger partial charge is 0.461 e. The SMILES string of the molecule is CCOC(=O)c1c2c(nn1-c1ccc(Oc3ccccc3C)cc1)[C@H](N1CCN(S(=O)(=O)c3ccccc3[N+](=O)[O-])CC1)CCN2. The fourth-order valence-electron chi connectivity index (χ4n) is 5.92. The lowest BCUT2D eigenvalue weighted by atomic mass is 10.0. The van der Waals surface area contributed by atoms with Crippen LogP contribution >= 0.6 is 0 Å². The predicted octanol–water partition coefficient (Wildman–Crippen LogP) is 4.92. The van der Waals surface area contributed by atoms with Gasteiger partial charge in [-0.3, -0.25) is 15.0 Å². The Kier molecular flexibility index (Phi) is 8.75. The first-order chi connectivity index (χ1) is 22.2. The van der Waals surface area contributed by atoms with E-state index in [9.17, 15) is 23.3 Å². The Labute approximate surface area is 266 Å². The third kappa shape index (κ3) is 5.94. The van der Waals surface area contributed by atoms with Crippen LogP contribution in [0.3, 0.4) is 0 Å². The molecule has 1 aromatic heterocycles. The Morgan fingerprint density at radius 3 is 2.41 bits per heavy atom. The van der Waals surface area contributed by atoms with Gasteiger partial charge in [0.05, 0.1) is 28.9 Å². The molecular weight excluding hydrogens is 612 g/mol. The van der Waals surface area contributed by atoms with Crippen LogP contribution in [0.15, 0.2) is 77.7 Å². The monoisotopic (exact) mass is 646 g/mol. The summed E-state index contributed by atoms with van der Waals surface area (Å²) in [5, 5.41) is 19.8. The van der Waals surface area contributed by atoms with Gasteiger partial charge >= 0.3 is 5.97 Å². The molecule has 1 fully saturated rings. The van der Waals surface area contributed by atoms with E-state index >= 15 is 0 Å². The molecule has 14 heteroatoms. The number of hydrogen-bond donors (Lipinski definition) is 1. The number of sulfonamides is 1. The highest BCUT2D eigenvalue weighted by atomic mass is 32.2. The molecule has 3 heterocycles. The number of benzene rings is 3. The number of piperazine rings is 1. The van der Waals surface area contributed by atoms with Gasteiger partial charge in [0.15, 0.2) is 10.6 Å². The minimum Gasteiger partial charge on any atom is -0.461 e. The minimum atomic E-state index is -4.07. The first-order valence-corrected chi connectivity index (χ1v) is 16.5. The van der Waals surface area contributed by atoms with Crippen molar-refractivity contribution >= 4 is 27.4 Å². The van der Waals surface area contributed by atoms with Gasteiger partial charge in [-0.25, -0.2) is 17.9 Å². The summed E-state index contributed by atoms with van der Waals surface area (Å²) in [5.41, 5.74) is 2.75. The highest BCUT2D eigenvalue weighted by molar-refractivity contribution is 7.89. The summed E-state index contributed by atoms with van der Waals surface area (Å²) in [6, 6.07) is 20.2. The summed E-state index contributed by atoms with van der Waals surface area (Å²) in [6.45, 7) is 5.57. The standard InChI is InChI=1S/C32H34N6O7S/c1-3-44-32(39)31-30-29(34-37(31)23-12-14-24(15-13-23)45-27-10-6-4-8-22(27)2)26(16-17-33-30)35-18-20-36(21-19-35)46(42,43)28-11-7-5-9-25(28)38(40)41/h4-15,26,33H,3,16-21H2,1-2H3/t26-/m1/s1. The van der Waals surface area contributed by atoms with Crippen LogP contribution < -0.4 is 10.1 Å². The van der Waals surface area contributed by atoms with Crippen LogP contribution in [0.2, 0.25) is 0 Å². The second-order valence-electron chi connectivity index (χ2n) is 11.0. The van der Waals surface area contributed by atoms with Crippen molar-refractivity contribution in [2.45, 2.75) is 31.2 Å². The zero-order valence-corrected chi connectivity index (χ0v) is 26.3. The number of nitro groups is 1. The van der Waals surface area contributed by atoms with Crippen LogP contribution in [0.5, 0.6) is 11.5 Å². The maximum absolute atomic E-state index is 13.4. The maximum atomic E-state index is 13.4. The number of para-hydroxylation sites is 2. The molecule has 1 atom stereocenters. The van der Waals surface area contributed by atoms with Crippen molar-refractivity contribution in [3.05, 3.63) is 99.9 Å².